The van der Waals surface area contributed by atoms with Gasteiger partial charge in [-0.05, 0) is 36.8 Å². The van der Waals surface area contributed by atoms with Gasteiger partial charge in [0.25, 0.3) is 0 Å². The number of nitrogens with zero attached hydrogens (tertiary/aromatic N) is 2. The molecule has 0 atom stereocenters. The molecule has 0 aliphatic carbocycles. The van der Waals surface area contributed by atoms with Crippen LogP contribution in [-0.4, -0.2) is 18.1 Å². The third-order valence-electron chi connectivity index (χ3n) is 3.42. The first-order chi connectivity index (χ1) is 11.3. The molecule has 0 spiro atoms. The SMILES string of the molecule is Cc1cccc(N(N)C(=O)N(C)N)c1COc1cc(Br)ccc1Cl. The number of aryl methyl sites for hydroxylation is 1. The normalized spacial score (nSPS) is 10.4. The van der Waals surface area contributed by atoms with E-state index in [1.807, 2.05) is 25.1 Å². The third-order valence-corrected chi connectivity index (χ3v) is 4.22. The highest BCUT2D eigenvalue weighted by atomic mass is 79.9. The summed E-state index contributed by atoms with van der Waals surface area (Å²) in [7, 11) is 1.43. The van der Waals surface area contributed by atoms with E-state index in [4.69, 9.17) is 28.0 Å². The number of halogens is 2. The van der Waals surface area contributed by atoms with Crippen LogP contribution in [0.3, 0.4) is 0 Å². The van der Waals surface area contributed by atoms with Gasteiger partial charge in [0, 0.05) is 17.1 Å². The van der Waals surface area contributed by atoms with Crippen LogP contribution in [0.15, 0.2) is 40.9 Å². The first kappa shape index (κ1) is 18.5. The van der Waals surface area contributed by atoms with E-state index in [1.54, 1.807) is 18.2 Å². The van der Waals surface area contributed by atoms with Crippen molar-refractivity contribution in [1.82, 2.24) is 5.01 Å². The highest BCUT2D eigenvalue weighted by Crippen LogP contribution is 2.30. The molecular weight excluding hydrogens is 396 g/mol. The van der Waals surface area contributed by atoms with Gasteiger partial charge in [0.15, 0.2) is 0 Å². The predicted molar refractivity (Wildman–Crippen MR) is 98.7 cm³/mol. The lowest BCUT2D eigenvalue weighted by molar-refractivity contribution is 0.216. The average molecular weight is 414 g/mol. The number of anilines is 1. The molecule has 24 heavy (non-hydrogen) atoms. The molecule has 2 aromatic carbocycles. The van der Waals surface area contributed by atoms with Gasteiger partial charge >= 0.3 is 6.03 Å². The molecule has 0 aliphatic rings. The molecule has 2 aromatic rings. The molecule has 128 valence electrons. The molecule has 0 unspecified atom stereocenters. The Bertz CT molecular complexity index is 755. The lowest BCUT2D eigenvalue weighted by atomic mass is 10.1. The van der Waals surface area contributed by atoms with Crippen LogP contribution in [0.1, 0.15) is 11.1 Å². The first-order valence-corrected chi connectivity index (χ1v) is 8.22. The van der Waals surface area contributed by atoms with Crippen LogP contribution in [0, 0.1) is 6.92 Å². The lowest BCUT2D eigenvalue weighted by Gasteiger charge is -2.24. The molecule has 0 saturated heterocycles. The lowest BCUT2D eigenvalue weighted by Crippen LogP contribution is -2.49. The van der Waals surface area contributed by atoms with Crippen LogP contribution in [0.5, 0.6) is 5.75 Å². The van der Waals surface area contributed by atoms with Crippen molar-refractivity contribution in [1.29, 1.82) is 0 Å². The zero-order valence-corrected chi connectivity index (χ0v) is 15.6. The minimum absolute atomic E-state index is 0.202. The van der Waals surface area contributed by atoms with Crippen molar-refractivity contribution in [3.63, 3.8) is 0 Å². The van der Waals surface area contributed by atoms with Crippen LogP contribution in [0.4, 0.5) is 10.5 Å². The fourth-order valence-corrected chi connectivity index (χ4v) is 2.62. The number of benzene rings is 2. The Morgan fingerprint density at radius 1 is 1.29 bits per heavy atom. The minimum Gasteiger partial charge on any atom is -0.487 e. The third kappa shape index (κ3) is 4.18. The first-order valence-electron chi connectivity index (χ1n) is 7.04. The zero-order valence-electron chi connectivity index (χ0n) is 13.3. The fraction of sp³-hybridized carbons (Fsp3) is 0.188. The van der Waals surface area contributed by atoms with E-state index in [9.17, 15) is 4.79 Å². The topological polar surface area (TPSA) is 84.8 Å². The Balaban J connectivity index is 2.30. The fourth-order valence-electron chi connectivity index (χ4n) is 2.11. The van der Waals surface area contributed by atoms with Crippen molar-refractivity contribution in [2.24, 2.45) is 11.7 Å². The molecule has 0 radical (unpaired) electrons. The van der Waals surface area contributed by atoms with E-state index in [1.165, 1.54) is 7.05 Å². The van der Waals surface area contributed by atoms with Crippen molar-refractivity contribution >= 4 is 39.2 Å². The number of hydrazine groups is 2. The summed E-state index contributed by atoms with van der Waals surface area (Å²) in [6, 6.07) is 10.3. The van der Waals surface area contributed by atoms with Crippen molar-refractivity contribution in [3.05, 3.63) is 57.0 Å². The number of carbonyl (C=O) groups excluding carboxylic acids is 1. The van der Waals surface area contributed by atoms with E-state index < -0.39 is 6.03 Å². The van der Waals surface area contributed by atoms with Crippen molar-refractivity contribution < 1.29 is 9.53 Å². The van der Waals surface area contributed by atoms with E-state index >= 15 is 0 Å². The zero-order chi connectivity index (χ0) is 17.9. The molecule has 0 aliphatic heterocycles. The number of amides is 2. The molecule has 2 rings (SSSR count). The Hall–Kier alpha value is -1.80. The number of hydrogen-bond donors (Lipinski definition) is 2. The number of rotatable bonds is 4. The number of carbonyl (C=O) groups is 1. The molecular formula is C16H18BrClN4O2. The van der Waals surface area contributed by atoms with Gasteiger partial charge in [0.2, 0.25) is 0 Å². The summed E-state index contributed by atoms with van der Waals surface area (Å²) in [5.41, 5.74) is 2.22. The molecule has 6 nitrogen and oxygen atoms in total. The smallest absolute Gasteiger partial charge is 0.352 e. The molecule has 8 heteroatoms. The van der Waals surface area contributed by atoms with E-state index in [2.05, 4.69) is 15.9 Å². The van der Waals surface area contributed by atoms with Crippen molar-refractivity contribution in [2.45, 2.75) is 13.5 Å². The van der Waals surface area contributed by atoms with E-state index in [0.29, 0.717) is 16.5 Å². The quantitative estimate of drug-likeness (QED) is 0.456. The minimum atomic E-state index is -0.540. The van der Waals surface area contributed by atoms with Crippen molar-refractivity contribution in [3.8, 4) is 5.75 Å². The van der Waals surface area contributed by atoms with E-state index in [0.717, 1.165) is 25.6 Å². The van der Waals surface area contributed by atoms with Crippen LogP contribution in [0.2, 0.25) is 5.02 Å². The maximum absolute atomic E-state index is 12.0. The standard InChI is InChI=1S/C16H18BrClN4O2/c1-10-4-3-5-14(22(20)16(23)21(2)19)12(10)9-24-15-8-11(17)6-7-13(15)18/h3-8H,9,19-20H2,1-2H3. The van der Waals surface area contributed by atoms with Gasteiger partial charge in [-0.3, -0.25) is 5.01 Å². The molecule has 0 bridgehead atoms. The van der Waals surface area contributed by atoms with Gasteiger partial charge in [-0.15, -0.1) is 0 Å². The largest absolute Gasteiger partial charge is 0.487 e. The summed E-state index contributed by atoms with van der Waals surface area (Å²) in [6.07, 6.45) is 0. The van der Waals surface area contributed by atoms with Gasteiger partial charge < -0.3 is 4.74 Å². The van der Waals surface area contributed by atoms with Gasteiger partial charge in [-0.2, -0.15) is 0 Å². The average Bonchev–Trinajstić information content (AvgIpc) is 2.54. The highest BCUT2D eigenvalue weighted by molar-refractivity contribution is 9.10. The Morgan fingerprint density at radius 3 is 2.67 bits per heavy atom. The Morgan fingerprint density at radius 2 is 2.00 bits per heavy atom. The molecule has 0 heterocycles. The van der Waals surface area contributed by atoms with E-state index in [-0.39, 0.29) is 6.61 Å². The monoisotopic (exact) mass is 412 g/mol. The van der Waals surface area contributed by atoms with Crippen LogP contribution in [-0.2, 0) is 6.61 Å². The molecule has 0 aromatic heterocycles. The Labute approximate surface area is 154 Å². The summed E-state index contributed by atoms with van der Waals surface area (Å²) in [5, 5.41) is 2.41. The molecule has 0 saturated carbocycles. The van der Waals surface area contributed by atoms with Crippen LogP contribution >= 0.6 is 27.5 Å². The summed E-state index contributed by atoms with van der Waals surface area (Å²) >= 11 is 9.52. The molecule has 0 fully saturated rings. The predicted octanol–water partition coefficient (Wildman–Crippen LogP) is 3.60. The summed E-state index contributed by atoms with van der Waals surface area (Å²) in [6.45, 7) is 2.11. The van der Waals surface area contributed by atoms with Gasteiger partial charge in [0.1, 0.15) is 12.4 Å². The Kier molecular flexibility index (Phi) is 6.06. The maximum Gasteiger partial charge on any atom is 0.352 e. The second kappa shape index (κ2) is 7.85. The van der Waals surface area contributed by atoms with Crippen LogP contribution in [0.25, 0.3) is 0 Å². The number of hydrogen-bond acceptors (Lipinski definition) is 4. The number of urea groups is 1. The summed E-state index contributed by atoms with van der Waals surface area (Å²) in [5.74, 6) is 11.9. The summed E-state index contributed by atoms with van der Waals surface area (Å²) in [4.78, 5) is 12.0. The number of ether oxygens (including phenoxy) is 1. The number of nitrogens with two attached hydrogens (primary N) is 2. The molecule has 4 N–H and O–H groups in total. The second-order valence-corrected chi connectivity index (χ2v) is 6.52. The van der Waals surface area contributed by atoms with Gasteiger partial charge in [0.05, 0.1) is 10.7 Å². The van der Waals surface area contributed by atoms with Gasteiger partial charge in [-0.25, -0.2) is 21.5 Å². The second-order valence-electron chi connectivity index (χ2n) is 5.20. The maximum atomic E-state index is 12.0. The highest BCUT2D eigenvalue weighted by Gasteiger charge is 2.19. The van der Waals surface area contributed by atoms with Crippen molar-refractivity contribution in [2.75, 3.05) is 12.1 Å². The van der Waals surface area contributed by atoms with Gasteiger partial charge in [-0.1, -0.05) is 39.7 Å². The van der Waals surface area contributed by atoms with Crippen LogP contribution < -0.4 is 21.4 Å². The molecule has 2 amide bonds. The summed E-state index contributed by atoms with van der Waals surface area (Å²) < 4.78 is 6.67.